The molecule has 1 saturated heterocycles. The summed E-state index contributed by atoms with van der Waals surface area (Å²) in [5, 5.41) is 4.82. The SMILES string of the molecule is O=C1CCC(N2Cc3c(CNC(=O)c4cccc(C(F)(F)F)c4)cccc3C2=O)C(=O)N1. The van der Waals surface area contributed by atoms with Crippen LogP contribution in [0.4, 0.5) is 13.2 Å². The normalized spacial score (nSPS) is 18.4. The van der Waals surface area contributed by atoms with Crippen molar-refractivity contribution < 1.29 is 32.3 Å². The molecule has 10 heteroatoms. The van der Waals surface area contributed by atoms with Crippen molar-refractivity contribution in [3.8, 4) is 0 Å². The Hall–Kier alpha value is -3.69. The molecule has 4 amide bonds. The van der Waals surface area contributed by atoms with Crippen molar-refractivity contribution in [2.45, 2.75) is 38.1 Å². The number of carbonyl (C=O) groups excluding carboxylic acids is 4. The highest BCUT2D eigenvalue weighted by molar-refractivity contribution is 6.05. The summed E-state index contributed by atoms with van der Waals surface area (Å²) in [7, 11) is 0. The van der Waals surface area contributed by atoms with E-state index in [1.807, 2.05) is 0 Å². The van der Waals surface area contributed by atoms with Gasteiger partial charge in [0.15, 0.2) is 0 Å². The molecule has 166 valence electrons. The Bertz CT molecular complexity index is 1130. The molecule has 4 rings (SSSR count). The third-order valence-electron chi connectivity index (χ3n) is 5.57. The van der Waals surface area contributed by atoms with Crippen molar-refractivity contribution in [2.24, 2.45) is 0 Å². The van der Waals surface area contributed by atoms with E-state index in [9.17, 15) is 32.3 Å². The van der Waals surface area contributed by atoms with Crippen molar-refractivity contribution in [3.63, 3.8) is 0 Å². The summed E-state index contributed by atoms with van der Waals surface area (Å²) < 4.78 is 38.7. The van der Waals surface area contributed by atoms with Crippen LogP contribution < -0.4 is 10.6 Å². The molecule has 2 aliphatic heterocycles. The molecule has 2 N–H and O–H groups in total. The van der Waals surface area contributed by atoms with E-state index >= 15 is 0 Å². The summed E-state index contributed by atoms with van der Waals surface area (Å²) in [6, 6.07) is 8.29. The zero-order chi connectivity index (χ0) is 23.0. The summed E-state index contributed by atoms with van der Waals surface area (Å²) >= 11 is 0. The van der Waals surface area contributed by atoms with Gasteiger partial charge in [-0.3, -0.25) is 24.5 Å². The Labute approximate surface area is 180 Å². The molecule has 0 bridgehead atoms. The number of alkyl halides is 3. The minimum atomic E-state index is -4.56. The Morgan fingerprint density at radius 2 is 1.88 bits per heavy atom. The van der Waals surface area contributed by atoms with E-state index in [4.69, 9.17) is 0 Å². The van der Waals surface area contributed by atoms with E-state index in [0.29, 0.717) is 16.7 Å². The van der Waals surface area contributed by atoms with Crippen molar-refractivity contribution in [3.05, 3.63) is 70.3 Å². The van der Waals surface area contributed by atoms with Crippen LogP contribution in [-0.2, 0) is 28.9 Å². The van der Waals surface area contributed by atoms with Crippen LogP contribution in [0.5, 0.6) is 0 Å². The predicted molar refractivity (Wildman–Crippen MR) is 105 cm³/mol. The van der Waals surface area contributed by atoms with E-state index in [-0.39, 0.29) is 43.3 Å². The highest BCUT2D eigenvalue weighted by Gasteiger charge is 2.39. The molecule has 2 aliphatic rings. The Morgan fingerprint density at radius 1 is 1.12 bits per heavy atom. The van der Waals surface area contributed by atoms with Gasteiger partial charge in [0, 0.05) is 30.6 Å². The second-order valence-electron chi connectivity index (χ2n) is 7.60. The molecule has 0 spiro atoms. The van der Waals surface area contributed by atoms with Gasteiger partial charge in [-0.2, -0.15) is 13.2 Å². The van der Waals surface area contributed by atoms with Gasteiger partial charge in [-0.05, 0) is 41.8 Å². The molecule has 2 heterocycles. The number of hydrogen-bond acceptors (Lipinski definition) is 4. The first-order valence-corrected chi connectivity index (χ1v) is 9.86. The first-order chi connectivity index (χ1) is 15.1. The number of halogens is 3. The molecule has 7 nitrogen and oxygen atoms in total. The lowest BCUT2D eigenvalue weighted by atomic mass is 10.0. The summed E-state index contributed by atoms with van der Waals surface area (Å²) in [6.07, 6.45) is -4.20. The number of piperidine rings is 1. The quantitative estimate of drug-likeness (QED) is 0.707. The van der Waals surface area contributed by atoms with Crippen molar-refractivity contribution in [1.82, 2.24) is 15.5 Å². The summed E-state index contributed by atoms with van der Waals surface area (Å²) in [5.74, 6) is -1.93. The largest absolute Gasteiger partial charge is 0.416 e. The van der Waals surface area contributed by atoms with Crippen LogP contribution in [0.2, 0.25) is 0 Å². The molecular weight excluding hydrogens is 427 g/mol. The Kier molecular flexibility index (Phi) is 5.45. The Morgan fingerprint density at radius 3 is 2.59 bits per heavy atom. The van der Waals surface area contributed by atoms with Gasteiger partial charge >= 0.3 is 6.18 Å². The van der Waals surface area contributed by atoms with Crippen LogP contribution in [0.25, 0.3) is 0 Å². The van der Waals surface area contributed by atoms with Gasteiger partial charge < -0.3 is 10.2 Å². The number of nitrogens with zero attached hydrogens (tertiary/aromatic N) is 1. The van der Waals surface area contributed by atoms with Crippen molar-refractivity contribution >= 4 is 23.6 Å². The number of hydrogen-bond donors (Lipinski definition) is 2. The molecule has 1 atom stereocenters. The van der Waals surface area contributed by atoms with Gasteiger partial charge in [0.1, 0.15) is 6.04 Å². The first-order valence-electron chi connectivity index (χ1n) is 9.86. The van der Waals surface area contributed by atoms with Crippen molar-refractivity contribution in [2.75, 3.05) is 0 Å². The minimum absolute atomic E-state index is 0.00524. The number of benzene rings is 2. The summed E-state index contributed by atoms with van der Waals surface area (Å²) in [4.78, 5) is 50.2. The van der Waals surface area contributed by atoms with Crippen LogP contribution in [0, 0.1) is 0 Å². The number of nitrogens with one attached hydrogen (secondary N) is 2. The van der Waals surface area contributed by atoms with Gasteiger partial charge in [-0.15, -0.1) is 0 Å². The highest BCUT2D eigenvalue weighted by atomic mass is 19.4. The molecular formula is C22H18F3N3O4. The molecule has 1 fully saturated rings. The lowest BCUT2D eigenvalue weighted by Crippen LogP contribution is -2.52. The molecule has 0 saturated carbocycles. The third kappa shape index (κ3) is 4.08. The number of fused-ring (bicyclic) bond motifs is 1. The average Bonchev–Trinajstić information content (AvgIpc) is 3.08. The number of amides is 4. The highest BCUT2D eigenvalue weighted by Crippen LogP contribution is 2.31. The Balaban J connectivity index is 1.49. The van der Waals surface area contributed by atoms with E-state index in [1.165, 1.54) is 11.0 Å². The second-order valence-corrected chi connectivity index (χ2v) is 7.60. The minimum Gasteiger partial charge on any atom is -0.348 e. The zero-order valence-electron chi connectivity index (χ0n) is 16.7. The van der Waals surface area contributed by atoms with Crippen LogP contribution in [0.1, 0.15) is 50.2 Å². The number of carbonyl (C=O) groups is 4. The maximum Gasteiger partial charge on any atom is 0.416 e. The molecule has 0 aliphatic carbocycles. The van der Waals surface area contributed by atoms with Crippen molar-refractivity contribution in [1.29, 1.82) is 0 Å². The molecule has 2 aromatic rings. The topological polar surface area (TPSA) is 95.6 Å². The van der Waals surface area contributed by atoms with Crippen LogP contribution in [-0.4, -0.2) is 34.6 Å². The van der Waals surface area contributed by atoms with Crippen LogP contribution in [0.15, 0.2) is 42.5 Å². The fourth-order valence-electron chi connectivity index (χ4n) is 3.93. The predicted octanol–water partition coefficient (Wildman–Crippen LogP) is 2.40. The van der Waals surface area contributed by atoms with Gasteiger partial charge in [-0.1, -0.05) is 18.2 Å². The van der Waals surface area contributed by atoms with E-state index < -0.39 is 29.6 Å². The van der Waals surface area contributed by atoms with Crippen LogP contribution >= 0.6 is 0 Å². The summed E-state index contributed by atoms with van der Waals surface area (Å²) in [5.41, 5.74) is 0.586. The van der Waals surface area contributed by atoms with E-state index in [0.717, 1.165) is 18.2 Å². The van der Waals surface area contributed by atoms with Gasteiger partial charge in [0.25, 0.3) is 11.8 Å². The van der Waals surface area contributed by atoms with Gasteiger partial charge in [0.2, 0.25) is 11.8 Å². The third-order valence-corrected chi connectivity index (χ3v) is 5.57. The second kappa shape index (κ2) is 8.10. The van der Waals surface area contributed by atoms with E-state index in [2.05, 4.69) is 10.6 Å². The zero-order valence-corrected chi connectivity index (χ0v) is 16.7. The van der Waals surface area contributed by atoms with E-state index in [1.54, 1.807) is 18.2 Å². The summed E-state index contributed by atoms with van der Waals surface area (Å²) in [6.45, 7) is 0.130. The lowest BCUT2D eigenvalue weighted by Gasteiger charge is -2.29. The molecule has 32 heavy (non-hydrogen) atoms. The van der Waals surface area contributed by atoms with Crippen LogP contribution in [0.3, 0.4) is 0 Å². The molecule has 0 radical (unpaired) electrons. The lowest BCUT2D eigenvalue weighted by molar-refractivity contribution is -0.138. The van der Waals surface area contributed by atoms with Gasteiger partial charge in [-0.25, -0.2) is 0 Å². The standard InChI is InChI=1S/C22H18F3N3O4/c23-22(24,25)14-5-1-3-12(9-14)19(30)26-10-13-4-2-6-15-16(13)11-28(21(15)32)17-7-8-18(29)27-20(17)31/h1-6,9,17H,7-8,10-11H2,(H,26,30)(H,27,29,31). The number of imide groups is 1. The maximum atomic E-state index is 12.9. The fraction of sp³-hybridized carbons (Fsp3) is 0.273. The molecule has 2 aromatic carbocycles. The molecule has 0 aromatic heterocycles. The number of rotatable bonds is 4. The van der Waals surface area contributed by atoms with Gasteiger partial charge in [0.05, 0.1) is 5.56 Å². The average molecular weight is 445 g/mol. The monoisotopic (exact) mass is 445 g/mol. The fourth-order valence-corrected chi connectivity index (χ4v) is 3.93. The molecule has 1 unspecified atom stereocenters. The smallest absolute Gasteiger partial charge is 0.348 e. The first kappa shape index (κ1) is 21.5. The maximum absolute atomic E-state index is 12.9.